The molecule has 6 nitrogen and oxygen atoms in total. The van der Waals surface area contributed by atoms with Crippen molar-refractivity contribution in [1.29, 1.82) is 0 Å². The number of hydrogen-bond donors (Lipinski definition) is 1. The molecule has 0 aliphatic carbocycles. The third-order valence-electron chi connectivity index (χ3n) is 5.31. The highest BCUT2D eigenvalue weighted by molar-refractivity contribution is 5.94. The summed E-state index contributed by atoms with van der Waals surface area (Å²) in [5.74, 6) is -0.667. The van der Waals surface area contributed by atoms with Crippen LogP contribution in [0, 0.1) is 0 Å². The molecular weight excluding hydrogens is 423 g/mol. The topological polar surface area (TPSA) is 61.9 Å². The van der Waals surface area contributed by atoms with E-state index < -0.39 is 6.36 Å². The molecule has 9 heteroatoms. The lowest BCUT2D eigenvalue weighted by molar-refractivity contribution is -0.274. The lowest BCUT2D eigenvalue weighted by Crippen LogP contribution is -2.51. The van der Waals surface area contributed by atoms with Gasteiger partial charge in [0.2, 0.25) is 5.91 Å². The number of carbonyl (C=O) groups excluding carboxylic acids is 2. The molecule has 0 aromatic heterocycles. The second-order valence-electron chi connectivity index (χ2n) is 7.55. The zero-order valence-electron chi connectivity index (χ0n) is 17.8. The number of para-hydroxylation sites is 1. The smallest absolute Gasteiger partial charge is 0.405 e. The van der Waals surface area contributed by atoms with Gasteiger partial charge in [-0.15, -0.1) is 13.2 Å². The predicted molar refractivity (Wildman–Crippen MR) is 113 cm³/mol. The van der Waals surface area contributed by atoms with E-state index in [0.717, 1.165) is 6.42 Å². The summed E-state index contributed by atoms with van der Waals surface area (Å²) in [7, 11) is 0. The molecule has 1 aliphatic rings. The van der Waals surface area contributed by atoms with Gasteiger partial charge in [0.25, 0.3) is 5.91 Å². The number of alkyl halides is 3. The number of piperazine rings is 1. The van der Waals surface area contributed by atoms with Gasteiger partial charge in [-0.25, -0.2) is 0 Å². The largest absolute Gasteiger partial charge is 0.573 e. The van der Waals surface area contributed by atoms with Crippen LogP contribution in [0.5, 0.6) is 5.75 Å². The van der Waals surface area contributed by atoms with Crippen molar-refractivity contribution < 1.29 is 27.5 Å². The number of hydrogen-bond acceptors (Lipinski definition) is 4. The molecule has 0 atom stereocenters. The van der Waals surface area contributed by atoms with E-state index in [2.05, 4.69) is 17.0 Å². The van der Waals surface area contributed by atoms with E-state index >= 15 is 0 Å². The molecule has 0 bridgehead atoms. The SMILES string of the molecule is CCc1ccc(C(=O)N2CCN(CC(=O)NCc3ccccc3OC(F)(F)F)CC2)cc1. The Balaban J connectivity index is 1.45. The maximum atomic E-state index is 12.7. The van der Waals surface area contributed by atoms with Crippen LogP contribution in [-0.2, 0) is 17.8 Å². The number of aryl methyl sites for hydroxylation is 1. The van der Waals surface area contributed by atoms with Gasteiger partial charge < -0.3 is 15.0 Å². The Labute approximate surface area is 184 Å². The van der Waals surface area contributed by atoms with Crippen molar-refractivity contribution in [3.05, 3.63) is 65.2 Å². The molecule has 0 spiro atoms. The second-order valence-corrected chi connectivity index (χ2v) is 7.55. The molecule has 1 fully saturated rings. The lowest BCUT2D eigenvalue weighted by atomic mass is 10.1. The minimum atomic E-state index is -4.80. The van der Waals surface area contributed by atoms with Crippen molar-refractivity contribution in [2.24, 2.45) is 0 Å². The molecule has 0 unspecified atom stereocenters. The van der Waals surface area contributed by atoms with Crippen molar-refractivity contribution in [2.45, 2.75) is 26.3 Å². The molecule has 172 valence electrons. The standard InChI is InChI=1S/C23H26F3N3O3/c1-2-17-7-9-18(10-8-17)22(31)29-13-11-28(12-14-29)16-21(30)27-15-19-5-3-4-6-20(19)32-23(24,25)26/h3-10H,2,11-16H2,1H3,(H,27,30). The van der Waals surface area contributed by atoms with Crippen LogP contribution in [0.1, 0.15) is 28.4 Å². The van der Waals surface area contributed by atoms with Gasteiger partial charge in [-0.05, 0) is 30.2 Å². The normalized spacial score (nSPS) is 14.8. The van der Waals surface area contributed by atoms with Crippen LogP contribution in [0.4, 0.5) is 13.2 Å². The summed E-state index contributed by atoms with van der Waals surface area (Å²) in [6, 6.07) is 13.3. The molecule has 1 heterocycles. The Morgan fingerprint density at radius 2 is 1.66 bits per heavy atom. The molecule has 1 saturated heterocycles. The lowest BCUT2D eigenvalue weighted by Gasteiger charge is -2.34. The van der Waals surface area contributed by atoms with Gasteiger partial charge in [-0.2, -0.15) is 0 Å². The Morgan fingerprint density at radius 3 is 2.28 bits per heavy atom. The van der Waals surface area contributed by atoms with Crippen LogP contribution >= 0.6 is 0 Å². The van der Waals surface area contributed by atoms with E-state index in [1.165, 1.54) is 23.8 Å². The summed E-state index contributed by atoms with van der Waals surface area (Å²) >= 11 is 0. The highest BCUT2D eigenvalue weighted by Crippen LogP contribution is 2.26. The van der Waals surface area contributed by atoms with Crippen molar-refractivity contribution in [3.8, 4) is 5.75 Å². The van der Waals surface area contributed by atoms with Crippen molar-refractivity contribution >= 4 is 11.8 Å². The van der Waals surface area contributed by atoms with Crippen LogP contribution in [0.25, 0.3) is 0 Å². The molecule has 1 N–H and O–H groups in total. The van der Waals surface area contributed by atoms with Crippen LogP contribution in [0.3, 0.4) is 0 Å². The number of nitrogens with one attached hydrogen (secondary N) is 1. The number of ether oxygens (including phenoxy) is 1. The predicted octanol–water partition coefficient (Wildman–Crippen LogP) is 3.22. The summed E-state index contributed by atoms with van der Waals surface area (Å²) in [4.78, 5) is 28.6. The number of nitrogens with zero attached hydrogens (tertiary/aromatic N) is 2. The van der Waals surface area contributed by atoms with Crippen molar-refractivity contribution in [2.75, 3.05) is 32.7 Å². The Hall–Kier alpha value is -3.07. The van der Waals surface area contributed by atoms with Gasteiger partial charge in [0, 0.05) is 43.9 Å². The minimum Gasteiger partial charge on any atom is -0.405 e. The van der Waals surface area contributed by atoms with E-state index in [4.69, 9.17) is 0 Å². The minimum absolute atomic E-state index is 0.0296. The highest BCUT2D eigenvalue weighted by atomic mass is 19.4. The van der Waals surface area contributed by atoms with Gasteiger partial charge in [-0.1, -0.05) is 37.3 Å². The average Bonchev–Trinajstić information content (AvgIpc) is 2.77. The van der Waals surface area contributed by atoms with E-state index in [-0.39, 0.29) is 36.2 Å². The molecule has 1 aliphatic heterocycles. The Kier molecular flexibility index (Phi) is 7.74. The number of halogens is 3. The fraction of sp³-hybridized carbons (Fsp3) is 0.391. The third-order valence-corrected chi connectivity index (χ3v) is 5.31. The van der Waals surface area contributed by atoms with Crippen molar-refractivity contribution in [1.82, 2.24) is 15.1 Å². The van der Waals surface area contributed by atoms with Gasteiger partial charge in [0.05, 0.1) is 6.54 Å². The number of rotatable bonds is 7. The van der Waals surface area contributed by atoms with Gasteiger partial charge in [0.1, 0.15) is 5.75 Å². The Bertz CT molecular complexity index is 924. The molecule has 2 amide bonds. The fourth-order valence-corrected chi connectivity index (χ4v) is 3.50. The quantitative estimate of drug-likeness (QED) is 0.705. The van der Waals surface area contributed by atoms with E-state index in [9.17, 15) is 22.8 Å². The zero-order valence-corrected chi connectivity index (χ0v) is 17.8. The maximum absolute atomic E-state index is 12.7. The summed E-state index contributed by atoms with van der Waals surface area (Å²) in [6.45, 7) is 4.18. The summed E-state index contributed by atoms with van der Waals surface area (Å²) in [6.07, 6.45) is -3.88. The average molecular weight is 449 g/mol. The van der Waals surface area contributed by atoms with E-state index in [1.54, 1.807) is 11.0 Å². The van der Waals surface area contributed by atoms with Crippen molar-refractivity contribution in [3.63, 3.8) is 0 Å². The first kappa shape index (κ1) is 23.6. The summed E-state index contributed by atoms with van der Waals surface area (Å²) < 4.78 is 41.5. The second kappa shape index (κ2) is 10.5. The molecule has 0 radical (unpaired) electrons. The monoisotopic (exact) mass is 449 g/mol. The first-order valence-electron chi connectivity index (χ1n) is 10.5. The molecule has 2 aromatic rings. The zero-order chi connectivity index (χ0) is 23.1. The fourth-order valence-electron chi connectivity index (χ4n) is 3.50. The molecule has 3 rings (SSSR count). The number of amides is 2. The van der Waals surface area contributed by atoms with Gasteiger partial charge in [-0.3, -0.25) is 14.5 Å². The van der Waals surface area contributed by atoms with E-state index in [0.29, 0.717) is 31.7 Å². The molecule has 2 aromatic carbocycles. The van der Waals surface area contributed by atoms with Gasteiger partial charge in [0.15, 0.2) is 0 Å². The number of benzene rings is 2. The van der Waals surface area contributed by atoms with Crippen LogP contribution in [0.2, 0.25) is 0 Å². The number of carbonyl (C=O) groups is 2. The molecular formula is C23H26F3N3O3. The van der Waals surface area contributed by atoms with Crippen LogP contribution < -0.4 is 10.1 Å². The van der Waals surface area contributed by atoms with E-state index in [1.807, 2.05) is 29.2 Å². The van der Waals surface area contributed by atoms with Gasteiger partial charge >= 0.3 is 6.36 Å². The maximum Gasteiger partial charge on any atom is 0.573 e. The molecule has 32 heavy (non-hydrogen) atoms. The summed E-state index contributed by atoms with van der Waals surface area (Å²) in [5, 5.41) is 2.63. The first-order valence-corrected chi connectivity index (χ1v) is 10.5. The van der Waals surface area contributed by atoms with Crippen LogP contribution in [0.15, 0.2) is 48.5 Å². The first-order chi connectivity index (χ1) is 15.2. The molecule has 0 saturated carbocycles. The third kappa shape index (κ3) is 6.71. The highest BCUT2D eigenvalue weighted by Gasteiger charge is 2.32. The Morgan fingerprint density at radius 1 is 1.00 bits per heavy atom. The summed E-state index contributed by atoms with van der Waals surface area (Å²) in [5.41, 5.74) is 2.06. The van der Waals surface area contributed by atoms with Crippen LogP contribution in [-0.4, -0.2) is 60.7 Å².